The predicted molar refractivity (Wildman–Crippen MR) is 63.1 cm³/mol. The highest BCUT2D eigenvalue weighted by Crippen LogP contribution is 2.27. The number of nitrogens with two attached hydrogens (primary N) is 1. The lowest BCUT2D eigenvalue weighted by atomic mass is 10.2. The Balaban J connectivity index is 2.40. The summed E-state index contributed by atoms with van der Waals surface area (Å²) in [6.07, 6.45) is 1.72. The molecule has 0 spiro atoms. The molecular formula is C10H8BrFN2S. The first-order valence-corrected chi connectivity index (χ1v) is 5.92. The Labute approximate surface area is 99.1 Å². The number of rotatable bonds is 2. The summed E-state index contributed by atoms with van der Waals surface area (Å²) in [5.74, 6) is -0.281. The molecule has 2 aromatic rings. The predicted octanol–water partition coefficient (Wildman–Crippen LogP) is 3.17. The van der Waals surface area contributed by atoms with Crippen molar-refractivity contribution in [2.75, 3.05) is 0 Å². The van der Waals surface area contributed by atoms with E-state index in [9.17, 15) is 4.39 Å². The van der Waals surface area contributed by atoms with Gasteiger partial charge in [-0.3, -0.25) is 0 Å². The third-order valence-corrected chi connectivity index (χ3v) is 3.63. The first kappa shape index (κ1) is 10.7. The van der Waals surface area contributed by atoms with E-state index in [1.54, 1.807) is 12.3 Å². The molecule has 0 aliphatic carbocycles. The quantitative estimate of drug-likeness (QED) is 0.921. The molecule has 0 saturated heterocycles. The van der Waals surface area contributed by atoms with Gasteiger partial charge in [0.15, 0.2) is 0 Å². The van der Waals surface area contributed by atoms with Gasteiger partial charge >= 0.3 is 0 Å². The molecule has 0 radical (unpaired) electrons. The van der Waals surface area contributed by atoms with Crippen LogP contribution in [0.5, 0.6) is 0 Å². The summed E-state index contributed by atoms with van der Waals surface area (Å²) in [6.45, 7) is 0.469. The van der Waals surface area contributed by atoms with Crippen LogP contribution in [0.2, 0.25) is 0 Å². The summed E-state index contributed by atoms with van der Waals surface area (Å²) in [4.78, 5) is 5.18. The van der Waals surface area contributed by atoms with E-state index in [1.165, 1.54) is 17.4 Å². The molecule has 2 N–H and O–H groups in total. The summed E-state index contributed by atoms with van der Waals surface area (Å²) in [5, 5.41) is 0.793. The van der Waals surface area contributed by atoms with E-state index < -0.39 is 0 Å². The van der Waals surface area contributed by atoms with Crippen LogP contribution in [0.3, 0.4) is 0 Å². The zero-order valence-corrected chi connectivity index (χ0v) is 10.1. The molecule has 0 saturated carbocycles. The number of halogens is 2. The number of aromatic nitrogens is 1. The van der Waals surface area contributed by atoms with Crippen LogP contribution in [0.4, 0.5) is 4.39 Å². The third-order valence-electron chi connectivity index (χ3n) is 1.92. The van der Waals surface area contributed by atoms with E-state index in [0.29, 0.717) is 11.0 Å². The molecule has 2 nitrogen and oxygen atoms in total. The fourth-order valence-corrected chi connectivity index (χ4v) is 2.20. The summed E-state index contributed by atoms with van der Waals surface area (Å²) >= 11 is 4.59. The molecule has 1 aromatic carbocycles. The smallest absolute Gasteiger partial charge is 0.138 e. The fraction of sp³-hybridized carbons (Fsp3) is 0.100. The number of thiazole rings is 1. The number of nitrogens with zero attached hydrogens (tertiary/aromatic N) is 1. The highest BCUT2D eigenvalue weighted by atomic mass is 79.9. The van der Waals surface area contributed by atoms with Crippen LogP contribution in [0, 0.1) is 5.82 Å². The Kier molecular flexibility index (Phi) is 3.14. The van der Waals surface area contributed by atoms with Crippen molar-refractivity contribution < 1.29 is 4.39 Å². The van der Waals surface area contributed by atoms with Gasteiger partial charge in [-0.2, -0.15) is 0 Å². The van der Waals surface area contributed by atoms with Crippen molar-refractivity contribution in [1.29, 1.82) is 0 Å². The topological polar surface area (TPSA) is 38.9 Å². The van der Waals surface area contributed by atoms with E-state index in [-0.39, 0.29) is 5.82 Å². The molecule has 0 aliphatic rings. The van der Waals surface area contributed by atoms with Crippen molar-refractivity contribution in [2.24, 2.45) is 5.73 Å². The molecule has 0 amide bonds. The van der Waals surface area contributed by atoms with Crippen LogP contribution in [-0.4, -0.2) is 4.98 Å². The maximum atomic E-state index is 13.3. The minimum Gasteiger partial charge on any atom is -0.326 e. The average Bonchev–Trinajstić information content (AvgIpc) is 2.70. The zero-order valence-electron chi connectivity index (χ0n) is 7.71. The SMILES string of the molecule is NCc1cnc(-c2ccc(Br)c(F)c2)s1. The standard InChI is InChI=1S/C10H8BrFN2S/c11-8-2-1-6(3-9(8)12)10-14-5-7(4-13)15-10/h1-3,5H,4,13H2. The number of benzene rings is 1. The summed E-state index contributed by atoms with van der Waals surface area (Å²) < 4.78 is 13.7. The Morgan fingerprint density at radius 1 is 1.47 bits per heavy atom. The van der Waals surface area contributed by atoms with Gasteiger partial charge < -0.3 is 5.73 Å². The Morgan fingerprint density at radius 3 is 2.87 bits per heavy atom. The highest BCUT2D eigenvalue weighted by molar-refractivity contribution is 9.10. The van der Waals surface area contributed by atoms with Crippen molar-refractivity contribution in [3.8, 4) is 10.6 Å². The van der Waals surface area contributed by atoms with Gasteiger partial charge in [0, 0.05) is 23.2 Å². The normalized spacial score (nSPS) is 10.6. The molecular weight excluding hydrogens is 279 g/mol. The van der Waals surface area contributed by atoms with E-state index in [2.05, 4.69) is 20.9 Å². The van der Waals surface area contributed by atoms with Crippen LogP contribution in [0.25, 0.3) is 10.6 Å². The lowest BCUT2D eigenvalue weighted by molar-refractivity contribution is 0.621. The molecule has 0 fully saturated rings. The zero-order chi connectivity index (χ0) is 10.8. The molecule has 0 bridgehead atoms. The average molecular weight is 287 g/mol. The van der Waals surface area contributed by atoms with E-state index >= 15 is 0 Å². The van der Waals surface area contributed by atoms with Crippen molar-refractivity contribution in [1.82, 2.24) is 4.98 Å². The van der Waals surface area contributed by atoms with Crippen molar-refractivity contribution in [3.05, 3.63) is 39.6 Å². The largest absolute Gasteiger partial charge is 0.326 e. The lowest BCUT2D eigenvalue weighted by Crippen LogP contribution is -1.91. The maximum absolute atomic E-state index is 13.3. The second-order valence-electron chi connectivity index (χ2n) is 2.96. The Morgan fingerprint density at radius 2 is 2.27 bits per heavy atom. The van der Waals surface area contributed by atoms with Gasteiger partial charge in [-0.25, -0.2) is 9.37 Å². The first-order chi connectivity index (χ1) is 7.20. The minimum absolute atomic E-state index is 0.281. The van der Waals surface area contributed by atoms with E-state index in [4.69, 9.17) is 5.73 Å². The summed E-state index contributed by atoms with van der Waals surface area (Å²) in [5.41, 5.74) is 6.26. The molecule has 0 unspecified atom stereocenters. The highest BCUT2D eigenvalue weighted by Gasteiger charge is 2.06. The van der Waals surface area contributed by atoms with Gasteiger partial charge in [0.1, 0.15) is 10.8 Å². The molecule has 2 rings (SSSR count). The van der Waals surface area contributed by atoms with Crippen LogP contribution in [0.15, 0.2) is 28.9 Å². The lowest BCUT2D eigenvalue weighted by Gasteiger charge is -1.97. The molecule has 0 aliphatic heterocycles. The van der Waals surface area contributed by atoms with Crippen molar-refractivity contribution in [3.63, 3.8) is 0 Å². The second-order valence-corrected chi connectivity index (χ2v) is 4.93. The van der Waals surface area contributed by atoms with Crippen molar-refractivity contribution in [2.45, 2.75) is 6.54 Å². The fourth-order valence-electron chi connectivity index (χ4n) is 1.16. The minimum atomic E-state index is -0.281. The monoisotopic (exact) mass is 286 g/mol. The van der Waals surface area contributed by atoms with Crippen LogP contribution in [0.1, 0.15) is 4.88 Å². The molecule has 1 heterocycles. The van der Waals surface area contributed by atoms with Crippen LogP contribution in [-0.2, 0) is 6.54 Å². The first-order valence-electron chi connectivity index (χ1n) is 4.31. The number of hydrogen-bond donors (Lipinski definition) is 1. The van der Waals surface area contributed by atoms with Crippen LogP contribution < -0.4 is 5.73 Å². The van der Waals surface area contributed by atoms with Crippen molar-refractivity contribution >= 4 is 27.3 Å². The van der Waals surface area contributed by atoms with E-state index in [1.807, 2.05) is 6.07 Å². The Bertz CT molecular complexity index is 484. The van der Waals surface area contributed by atoms with Gasteiger partial charge in [0.05, 0.1) is 4.47 Å². The molecule has 0 atom stereocenters. The van der Waals surface area contributed by atoms with Gasteiger partial charge in [0.2, 0.25) is 0 Å². The number of hydrogen-bond acceptors (Lipinski definition) is 3. The van der Waals surface area contributed by atoms with E-state index in [0.717, 1.165) is 15.4 Å². The van der Waals surface area contributed by atoms with Crippen LogP contribution >= 0.6 is 27.3 Å². The molecule has 5 heteroatoms. The van der Waals surface area contributed by atoms with Gasteiger partial charge in [-0.1, -0.05) is 6.07 Å². The van der Waals surface area contributed by atoms with Gasteiger partial charge in [0.25, 0.3) is 0 Å². The third kappa shape index (κ3) is 2.25. The molecule has 1 aromatic heterocycles. The Hall–Kier alpha value is -0.780. The van der Waals surface area contributed by atoms with Gasteiger partial charge in [-0.15, -0.1) is 11.3 Å². The summed E-state index contributed by atoms with van der Waals surface area (Å²) in [7, 11) is 0. The maximum Gasteiger partial charge on any atom is 0.138 e. The molecule has 78 valence electrons. The summed E-state index contributed by atoms with van der Waals surface area (Å²) in [6, 6.07) is 4.96. The molecule has 15 heavy (non-hydrogen) atoms. The van der Waals surface area contributed by atoms with Gasteiger partial charge in [-0.05, 0) is 28.1 Å². The second kappa shape index (κ2) is 4.38.